The van der Waals surface area contributed by atoms with Gasteiger partial charge in [0, 0.05) is 102 Å². The van der Waals surface area contributed by atoms with Crippen LogP contribution in [0.2, 0.25) is 0 Å². The molecule has 6 aliphatic heterocycles. The molecule has 4 aromatic heterocycles. The number of cyclic esters (lactones) is 2. The minimum absolute atomic E-state index is 0.0241. The summed E-state index contributed by atoms with van der Waals surface area (Å²) in [6.07, 6.45) is -8.01. The van der Waals surface area contributed by atoms with Crippen LogP contribution in [0.3, 0.4) is 0 Å². The molecule has 8 N–H and O–H groups in total. The number of alkyl halides is 3. The monoisotopic (exact) mass is 1960 g/mol. The summed E-state index contributed by atoms with van der Waals surface area (Å²) in [5, 5.41) is 34.1. The summed E-state index contributed by atoms with van der Waals surface area (Å²) in [5.41, 5.74) is 1.29. The first kappa shape index (κ1) is 114. The molecular weight excluding hydrogens is 1820 g/mol. The number of thiazole rings is 2. The second-order valence-electron chi connectivity index (χ2n) is 36.8. The molecule has 6 fully saturated rings. The molecule has 37 nitrogen and oxygen atoms in total. The van der Waals surface area contributed by atoms with Crippen LogP contribution in [0.25, 0.3) is 21.1 Å². The van der Waals surface area contributed by atoms with Crippen LogP contribution in [-0.4, -0.2) is 291 Å². The first-order chi connectivity index (χ1) is 63.2. The summed E-state index contributed by atoms with van der Waals surface area (Å²) >= 11 is 7.52. The number of pyridine rings is 2. The van der Waals surface area contributed by atoms with Crippen LogP contribution in [-0.2, 0) is 123 Å². The average molecular weight is 1960 g/mol. The zero-order chi connectivity index (χ0) is 101. The van der Waals surface area contributed by atoms with Crippen molar-refractivity contribution in [2.75, 3.05) is 72.5 Å². The largest absolute Gasteiger partial charge is 0.457 e. The van der Waals surface area contributed by atoms with Gasteiger partial charge in [-0.3, -0.25) is 48.4 Å². The number of nitrogen functional groups attached to an aromatic ring is 2. The van der Waals surface area contributed by atoms with Gasteiger partial charge >= 0.3 is 23.9 Å². The van der Waals surface area contributed by atoms with Crippen molar-refractivity contribution in [3.63, 3.8) is 0 Å². The van der Waals surface area contributed by atoms with Crippen LogP contribution in [0.1, 0.15) is 201 Å². The summed E-state index contributed by atoms with van der Waals surface area (Å²) in [6.45, 7) is 28.6. The van der Waals surface area contributed by atoms with Crippen molar-refractivity contribution >= 4 is 116 Å². The van der Waals surface area contributed by atoms with Gasteiger partial charge in [0.15, 0.2) is 48.7 Å². The Kier molecular flexibility index (Phi) is 41.8. The normalized spacial score (nSPS) is 35.2. The van der Waals surface area contributed by atoms with Crippen molar-refractivity contribution in [1.29, 1.82) is 0 Å². The summed E-state index contributed by atoms with van der Waals surface area (Å²) in [5.74, 6) is -8.22. The van der Waals surface area contributed by atoms with Gasteiger partial charge in [0.25, 0.3) is 11.3 Å². The maximum absolute atomic E-state index is 17.1. The van der Waals surface area contributed by atoms with Gasteiger partial charge in [-0.15, -0.1) is 34.3 Å². The van der Waals surface area contributed by atoms with E-state index < -0.39 is 221 Å². The predicted octanol–water partition coefficient (Wildman–Crippen LogP) is 10.5. The summed E-state index contributed by atoms with van der Waals surface area (Å²) in [4.78, 5) is 161. The number of fused-ring (bicyclic) bond motifs is 10. The van der Waals surface area contributed by atoms with Crippen LogP contribution in [0.15, 0.2) is 62.6 Å². The van der Waals surface area contributed by atoms with Gasteiger partial charge in [0.2, 0.25) is 11.8 Å². The lowest BCUT2D eigenvalue weighted by Crippen LogP contribution is -2.62. The van der Waals surface area contributed by atoms with Crippen molar-refractivity contribution in [3.05, 3.63) is 58.8 Å². The third kappa shape index (κ3) is 28.8. The number of ketones is 3. The molecule has 0 saturated carbocycles. The fourth-order valence-corrected chi connectivity index (χ4v) is 19.6. The van der Waals surface area contributed by atoms with E-state index >= 15 is 8.78 Å². The molecule has 6 aliphatic rings. The summed E-state index contributed by atoms with van der Waals surface area (Å²) in [7, 11) is 7.26. The van der Waals surface area contributed by atoms with Gasteiger partial charge in [-0.05, 0) is 158 Å². The van der Waals surface area contributed by atoms with E-state index in [1.165, 1.54) is 70.6 Å². The highest BCUT2D eigenvalue weighted by Gasteiger charge is 2.61. The number of carbonyl (C=O) groups is 9. The molecule has 0 unspecified atom stereocenters. The Balaban J connectivity index is 0.000000318. The third-order valence-corrected chi connectivity index (χ3v) is 27.0. The van der Waals surface area contributed by atoms with Crippen LogP contribution in [0.5, 0.6) is 0 Å². The molecule has 4 bridgehead atoms. The quantitative estimate of drug-likeness (QED) is 0.0191. The molecule has 6 saturated heterocycles. The zero-order valence-corrected chi connectivity index (χ0v) is 84.4. The first-order valence-electron chi connectivity index (χ1n) is 45.3. The van der Waals surface area contributed by atoms with E-state index in [-0.39, 0.29) is 64.1 Å². The van der Waals surface area contributed by atoms with Crippen molar-refractivity contribution in [2.45, 2.75) is 323 Å². The Hall–Kier alpha value is -8.21. The third-order valence-electron chi connectivity index (χ3n) is 25.2. The number of anilines is 2. The number of aliphatic hydroxyl groups is 2. The van der Waals surface area contributed by atoms with E-state index in [2.05, 4.69) is 51.5 Å². The van der Waals surface area contributed by atoms with Crippen LogP contribution < -0.4 is 17.4 Å². The lowest BCUT2D eigenvalue weighted by atomic mass is 9.73. The summed E-state index contributed by atoms with van der Waals surface area (Å²) < 4.78 is 109. The maximum Gasteiger partial charge on any atom is 0.351 e. The van der Waals surface area contributed by atoms with Crippen molar-refractivity contribution in [1.82, 2.24) is 29.7 Å². The molecule has 0 aliphatic carbocycles. The number of ether oxygens (including phenoxy) is 12. The van der Waals surface area contributed by atoms with Gasteiger partial charge < -0.3 is 93.2 Å². The minimum Gasteiger partial charge on any atom is -0.457 e. The molecule has 0 radical (unpaired) electrons. The van der Waals surface area contributed by atoms with Crippen molar-refractivity contribution in [2.24, 2.45) is 56.5 Å². The predicted molar refractivity (Wildman–Crippen MR) is 500 cm³/mol. The number of nitrogens with two attached hydrogens (primary N) is 3. The molecular formula is C93H139ClF2N12O25S2. The van der Waals surface area contributed by atoms with Gasteiger partial charge in [0.1, 0.15) is 70.6 Å². The SMILES string of the molecule is CCC(=O)N=C1[C@H](C)C[C@@]2(C)OCC(=NOCc3ccc(-c4nc(N)cs4)cn3)CO[C@H]([C@H]1C)[C@](C)(O)[C@@H](CC)OC(=O)[C@@](C)(F)C(=O)[C@H](C)[C@H]2O[C@@H]1O[C@H](C)C[C@H](N(C)C)[C@H]1OC(C)=O.CCC(=O)N=C1[C@H](C)C[C@@]2(C)OCC(=O)CO[C@H]([C@H]1C)[C@](C)(O)[C@@H](CC)OC(=O)[C@@](C)(F)C(=O)[C@H](C)[C@H]2O[C@@H]1O[C@H](C)C[C@H](N(C)C)[C@H]1OC(C)=O.CCl.NOCc1ccc(-c2nc(N)cs2)cn1. The first-order valence-corrected chi connectivity index (χ1v) is 47.8. The second kappa shape index (κ2) is 49.6. The van der Waals surface area contributed by atoms with Gasteiger partial charge in [0.05, 0.1) is 84.5 Å². The number of carbonyl (C=O) groups excluding carboxylic acids is 9. The highest BCUT2D eigenvalue weighted by atomic mass is 35.5. The molecule has 4 aromatic rings. The van der Waals surface area contributed by atoms with Gasteiger partial charge in [-0.1, -0.05) is 74.4 Å². The maximum atomic E-state index is 17.1. The number of oxime groups is 1. The number of hydrogen-bond acceptors (Lipinski definition) is 37. The van der Waals surface area contributed by atoms with Crippen LogP contribution >= 0.6 is 34.3 Å². The number of esters is 4. The Morgan fingerprint density at radius 2 is 0.956 bits per heavy atom. The highest BCUT2D eigenvalue weighted by Crippen LogP contribution is 2.46. The number of rotatable bonds is 19. The van der Waals surface area contributed by atoms with Gasteiger partial charge in [-0.25, -0.2) is 44.2 Å². The molecule has 26 atom stereocenters. The zero-order valence-electron chi connectivity index (χ0n) is 82.1. The molecule has 754 valence electrons. The molecule has 0 aromatic carbocycles. The van der Waals surface area contributed by atoms with E-state index in [1.807, 2.05) is 77.0 Å². The number of likely N-dealkylation sites (N-methyl/N-ethyl adjacent to an activating group) is 2. The Labute approximate surface area is 801 Å². The Morgan fingerprint density at radius 1 is 0.570 bits per heavy atom. The number of halogens is 3. The minimum atomic E-state index is -3.26. The Bertz CT molecular complexity index is 4750. The van der Waals surface area contributed by atoms with Crippen molar-refractivity contribution < 1.29 is 129 Å². The summed E-state index contributed by atoms with van der Waals surface area (Å²) in [6, 6.07) is 6.55. The Morgan fingerprint density at radius 3 is 1.30 bits per heavy atom. The van der Waals surface area contributed by atoms with E-state index in [0.29, 0.717) is 53.2 Å². The number of Topliss-reactive ketones (excluding diaryl/α,β-unsaturated/α-hetero) is 3. The van der Waals surface area contributed by atoms with E-state index in [9.17, 15) is 53.4 Å². The molecule has 42 heteroatoms. The van der Waals surface area contributed by atoms with Crippen LogP contribution in [0, 0.1) is 35.5 Å². The van der Waals surface area contributed by atoms with E-state index in [4.69, 9.17) is 79.0 Å². The van der Waals surface area contributed by atoms with Crippen LogP contribution in [0.4, 0.5) is 20.4 Å². The van der Waals surface area contributed by atoms with E-state index in [1.54, 1.807) is 91.5 Å². The lowest BCUT2D eigenvalue weighted by Gasteiger charge is -2.48. The number of nitrogens with zero attached hydrogens (tertiary/aromatic N) is 9. The van der Waals surface area contributed by atoms with Gasteiger partial charge in [-0.2, -0.15) is 0 Å². The number of hydrogen-bond donors (Lipinski definition) is 5. The second-order valence-corrected chi connectivity index (χ2v) is 38.5. The molecule has 2 amide bonds. The van der Waals surface area contributed by atoms with E-state index in [0.717, 1.165) is 35.7 Å². The topological polar surface area (TPSA) is 496 Å². The van der Waals surface area contributed by atoms with Crippen molar-refractivity contribution in [3.8, 4) is 21.1 Å². The highest BCUT2D eigenvalue weighted by molar-refractivity contribution is 7.13. The molecule has 135 heavy (non-hydrogen) atoms. The molecule has 0 spiro atoms. The smallest absolute Gasteiger partial charge is 0.351 e. The number of aromatic nitrogens is 4. The lowest BCUT2D eigenvalue weighted by molar-refractivity contribution is -0.299. The molecule has 10 heterocycles. The fourth-order valence-electron chi connectivity index (χ4n) is 18.2. The number of amides is 2. The number of aliphatic imine (C=N–C) groups is 2. The fraction of sp³-hybridized carbons (Fsp3) is 0.699. The molecule has 10 rings (SSSR count). The average Bonchev–Trinajstić information content (AvgIpc) is 1.75. The standard InChI is InChI=1S/C46H67FN6O12S.C37H59FN2O12.C9H10N4OS.CH3Cl/c1-13-33-46(10,58)40-26(5)36(51-35(55)14-2)24(3)18-44(8,60-21-31(20-59-40)52-61-22-30-16-15-29(19-49-30)41-50-34(48)23-66-41)39(27(6)38(56)45(9,47)43(57)64-33)65-42-37(63-28(7)54)32(53(11)12)17-25(4)62-42;1-13-26-37(10,46)32-21(5)28(39-27(43)14-2)19(3)16-35(8,48-18-24(42)17-47-32)31(22(6)30(44)36(9,38)34(45)51-26)52-33-29(50-23(7)41)25(40(11)12)15-20(4)49-33;10-8-5-15-9(13-8)6-1-2-7(4-14-11)12-3-6;1-2/h15-16,19,23-27,32-33,37,39-40,42,58H,13-14,17-18,20-22,48H2,1-12H3;19-22,25-26,29,31-33,46H,13-18H2,1-12H3;1-3,5H,4,10-11H2;1H3/t24-,25-,26+,27+,32+,33-,37-,39-,40-,42+,44-,45+,46-;19-,20-,21+,22+,25+,26-,29-,31-,32-,33+,35-,36+,37-;;/m11../s1.